The molecule has 0 saturated heterocycles. The third kappa shape index (κ3) is 2.51. The number of benzene rings is 1. The lowest BCUT2D eigenvalue weighted by Gasteiger charge is -2.20. The Hall–Kier alpha value is -1.02. The second kappa shape index (κ2) is 4.67. The zero-order valence-electron chi connectivity index (χ0n) is 10.2. The van der Waals surface area contributed by atoms with E-state index in [2.05, 4.69) is 6.07 Å². The average Bonchev–Trinajstić information content (AvgIpc) is 2.15. The van der Waals surface area contributed by atoms with E-state index >= 15 is 0 Å². The van der Waals surface area contributed by atoms with Gasteiger partial charge in [0.1, 0.15) is 5.75 Å². The number of methoxy groups -OCH3 is 1. The molecule has 1 rings (SSSR count). The molecular weight excluding hydrogens is 188 g/mol. The van der Waals surface area contributed by atoms with Gasteiger partial charge in [0.25, 0.3) is 0 Å². The van der Waals surface area contributed by atoms with E-state index in [0.717, 1.165) is 22.4 Å². The summed E-state index contributed by atoms with van der Waals surface area (Å²) in [6, 6.07) is 4.04. The van der Waals surface area contributed by atoms with Crippen LogP contribution < -0.4 is 4.74 Å². The summed E-state index contributed by atoms with van der Waals surface area (Å²) in [6.07, 6.45) is -0.458. The van der Waals surface area contributed by atoms with Crippen LogP contribution in [0.25, 0.3) is 0 Å². The van der Waals surface area contributed by atoms with Crippen LogP contribution in [0.15, 0.2) is 12.1 Å². The van der Waals surface area contributed by atoms with E-state index in [0.29, 0.717) is 0 Å². The fourth-order valence-corrected chi connectivity index (χ4v) is 1.82. The molecule has 0 aromatic heterocycles. The van der Waals surface area contributed by atoms with Crippen molar-refractivity contribution in [2.24, 2.45) is 5.92 Å². The standard InChI is InChI=1S/C13H20O2/c1-8(2)13(14)12-10(4)6-9(3)7-11(12)15-5/h6-8,13-14H,1-5H3. The summed E-state index contributed by atoms with van der Waals surface area (Å²) in [5.74, 6) is 0.981. The number of aryl methyl sites for hydroxylation is 2. The minimum absolute atomic E-state index is 0.195. The molecule has 84 valence electrons. The Morgan fingerprint density at radius 3 is 2.27 bits per heavy atom. The summed E-state index contributed by atoms with van der Waals surface area (Å²) in [5, 5.41) is 10.1. The highest BCUT2D eigenvalue weighted by molar-refractivity contribution is 5.44. The second-order valence-electron chi connectivity index (χ2n) is 4.39. The van der Waals surface area contributed by atoms with Crippen LogP contribution in [0.5, 0.6) is 5.75 Å². The Kier molecular flexibility index (Phi) is 3.75. The van der Waals surface area contributed by atoms with Crippen molar-refractivity contribution in [2.75, 3.05) is 7.11 Å². The Morgan fingerprint density at radius 2 is 1.80 bits per heavy atom. The van der Waals surface area contributed by atoms with Crippen LogP contribution in [0.4, 0.5) is 0 Å². The molecule has 1 atom stereocenters. The van der Waals surface area contributed by atoms with Crippen molar-refractivity contribution in [3.63, 3.8) is 0 Å². The third-order valence-electron chi connectivity index (χ3n) is 2.64. The lowest BCUT2D eigenvalue weighted by Crippen LogP contribution is -2.09. The molecule has 0 aliphatic rings. The molecule has 1 aromatic carbocycles. The van der Waals surface area contributed by atoms with E-state index in [1.54, 1.807) is 7.11 Å². The maximum absolute atomic E-state index is 10.1. The highest BCUT2D eigenvalue weighted by Gasteiger charge is 2.19. The second-order valence-corrected chi connectivity index (χ2v) is 4.39. The van der Waals surface area contributed by atoms with Crippen LogP contribution in [-0.2, 0) is 0 Å². The first-order chi connectivity index (χ1) is 6.97. The van der Waals surface area contributed by atoms with Crippen LogP contribution in [0.1, 0.15) is 36.6 Å². The van der Waals surface area contributed by atoms with Gasteiger partial charge in [-0.1, -0.05) is 19.9 Å². The Labute approximate surface area is 91.9 Å². The normalized spacial score (nSPS) is 13.0. The van der Waals surface area contributed by atoms with E-state index in [9.17, 15) is 5.11 Å². The number of aliphatic hydroxyl groups is 1. The maximum Gasteiger partial charge on any atom is 0.125 e. The lowest BCUT2D eigenvalue weighted by atomic mass is 9.93. The number of hydrogen-bond acceptors (Lipinski definition) is 2. The van der Waals surface area contributed by atoms with E-state index in [1.807, 2.05) is 33.8 Å². The first-order valence-electron chi connectivity index (χ1n) is 5.30. The molecular formula is C13H20O2. The van der Waals surface area contributed by atoms with Crippen molar-refractivity contribution < 1.29 is 9.84 Å². The predicted molar refractivity (Wildman–Crippen MR) is 62.3 cm³/mol. The maximum atomic E-state index is 10.1. The van der Waals surface area contributed by atoms with Crippen LogP contribution in [0.3, 0.4) is 0 Å². The van der Waals surface area contributed by atoms with Crippen molar-refractivity contribution in [2.45, 2.75) is 33.8 Å². The predicted octanol–water partition coefficient (Wildman–Crippen LogP) is 3.00. The highest BCUT2D eigenvalue weighted by atomic mass is 16.5. The molecule has 0 radical (unpaired) electrons. The van der Waals surface area contributed by atoms with Crippen molar-refractivity contribution in [3.05, 3.63) is 28.8 Å². The van der Waals surface area contributed by atoms with Crippen LogP contribution in [0.2, 0.25) is 0 Å². The van der Waals surface area contributed by atoms with Crippen LogP contribution >= 0.6 is 0 Å². The van der Waals surface area contributed by atoms with E-state index in [-0.39, 0.29) is 5.92 Å². The molecule has 15 heavy (non-hydrogen) atoms. The molecule has 2 heteroatoms. The van der Waals surface area contributed by atoms with Crippen molar-refractivity contribution >= 4 is 0 Å². The number of aliphatic hydroxyl groups excluding tert-OH is 1. The van der Waals surface area contributed by atoms with Gasteiger partial charge in [-0.25, -0.2) is 0 Å². The smallest absolute Gasteiger partial charge is 0.125 e. The summed E-state index contributed by atoms with van der Waals surface area (Å²) in [6.45, 7) is 8.05. The molecule has 0 fully saturated rings. The highest BCUT2D eigenvalue weighted by Crippen LogP contribution is 2.33. The number of hydrogen-bond donors (Lipinski definition) is 1. The summed E-state index contributed by atoms with van der Waals surface area (Å²) in [7, 11) is 1.64. The van der Waals surface area contributed by atoms with Gasteiger partial charge in [-0.05, 0) is 37.0 Å². The van der Waals surface area contributed by atoms with Crippen molar-refractivity contribution in [1.29, 1.82) is 0 Å². The molecule has 0 spiro atoms. The van der Waals surface area contributed by atoms with Gasteiger partial charge in [-0.2, -0.15) is 0 Å². The van der Waals surface area contributed by atoms with Crippen LogP contribution in [0, 0.1) is 19.8 Å². The van der Waals surface area contributed by atoms with E-state index < -0.39 is 6.10 Å². The minimum atomic E-state index is -0.458. The Morgan fingerprint density at radius 1 is 1.20 bits per heavy atom. The molecule has 0 amide bonds. The summed E-state index contributed by atoms with van der Waals surface area (Å²) < 4.78 is 5.32. The number of ether oxygens (including phenoxy) is 1. The zero-order chi connectivity index (χ0) is 11.6. The quantitative estimate of drug-likeness (QED) is 0.827. The van der Waals surface area contributed by atoms with Crippen molar-refractivity contribution in [1.82, 2.24) is 0 Å². The summed E-state index contributed by atoms with van der Waals surface area (Å²) in [4.78, 5) is 0. The topological polar surface area (TPSA) is 29.5 Å². The first-order valence-corrected chi connectivity index (χ1v) is 5.30. The average molecular weight is 208 g/mol. The third-order valence-corrected chi connectivity index (χ3v) is 2.64. The molecule has 0 bridgehead atoms. The minimum Gasteiger partial charge on any atom is -0.496 e. The van der Waals surface area contributed by atoms with Gasteiger partial charge in [0, 0.05) is 5.56 Å². The largest absolute Gasteiger partial charge is 0.496 e. The van der Waals surface area contributed by atoms with Gasteiger partial charge in [0.15, 0.2) is 0 Å². The van der Waals surface area contributed by atoms with Gasteiger partial charge >= 0.3 is 0 Å². The van der Waals surface area contributed by atoms with E-state index in [1.165, 1.54) is 0 Å². The molecule has 1 aromatic rings. The van der Waals surface area contributed by atoms with Gasteiger partial charge in [-0.3, -0.25) is 0 Å². The van der Waals surface area contributed by atoms with Crippen molar-refractivity contribution in [3.8, 4) is 5.75 Å². The Balaban J connectivity index is 3.26. The fourth-order valence-electron chi connectivity index (χ4n) is 1.82. The molecule has 0 aliphatic heterocycles. The first kappa shape index (κ1) is 12.1. The molecule has 1 N–H and O–H groups in total. The van der Waals surface area contributed by atoms with Crippen LogP contribution in [-0.4, -0.2) is 12.2 Å². The molecule has 2 nitrogen and oxygen atoms in total. The molecule has 0 saturated carbocycles. The van der Waals surface area contributed by atoms with Gasteiger partial charge in [0.05, 0.1) is 13.2 Å². The molecule has 1 unspecified atom stereocenters. The summed E-state index contributed by atoms with van der Waals surface area (Å²) >= 11 is 0. The fraction of sp³-hybridized carbons (Fsp3) is 0.538. The van der Waals surface area contributed by atoms with E-state index in [4.69, 9.17) is 4.74 Å². The summed E-state index contributed by atoms with van der Waals surface area (Å²) in [5.41, 5.74) is 3.16. The van der Waals surface area contributed by atoms with Gasteiger partial charge in [0.2, 0.25) is 0 Å². The monoisotopic (exact) mass is 208 g/mol. The zero-order valence-corrected chi connectivity index (χ0v) is 10.2. The number of rotatable bonds is 3. The Bertz CT molecular complexity index is 343. The SMILES string of the molecule is COc1cc(C)cc(C)c1C(O)C(C)C. The van der Waals surface area contributed by atoms with Gasteiger partial charge < -0.3 is 9.84 Å². The van der Waals surface area contributed by atoms with Gasteiger partial charge in [-0.15, -0.1) is 0 Å². The molecule has 0 heterocycles. The molecule has 0 aliphatic carbocycles. The lowest BCUT2D eigenvalue weighted by molar-refractivity contribution is 0.123.